The minimum Gasteiger partial charge on any atom is -0.460 e. The Balaban J connectivity index is 1.57. The van der Waals surface area contributed by atoms with E-state index in [9.17, 15) is 14.7 Å². The maximum Gasteiger partial charge on any atom is 0.355 e. The number of esters is 2. The van der Waals surface area contributed by atoms with Gasteiger partial charge in [0.25, 0.3) is 0 Å². The number of hydrogen-bond donors (Lipinski definition) is 2. The monoisotopic (exact) mass is 499 g/mol. The summed E-state index contributed by atoms with van der Waals surface area (Å²) in [5.41, 5.74) is 0.532. The Kier molecular flexibility index (Phi) is 6.64. The molecule has 3 heterocycles. The second kappa shape index (κ2) is 9.47. The Hall–Kier alpha value is -2.42. The van der Waals surface area contributed by atoms with Gasteiger partial charge in [0, 0.05) is 42.9 Å². The number of cyclic esters (lactones) is 1. The number of hydrogen-bond acceptors (Lipinski definition) is 7. The third-order valence-electron chi connectivity index (χ3n) is 8.95. The van der Waals surface area contributed by atoms with E-state index in [4.69, 9.17) is 18.9 Å². The summed E-state index contributed by atoms with van der Waals surface area (Å²) in [6.07, 6.45) is 6.19. The molecule has 2 fully saturated rings. The number of carbonyl (C=O) groups is 2. The van der Waals surface area contributed by atoms with Gasteiger partial charge in [-0.25, -0.2) is 9.59 Å². The number of carbonyl (C=O) groups excluding carboxylic acids is 2. The third kappa shape index (κ3) is 3.76. The van der Waals surface area contributed by atoms with Crippen molar-refractivity contribution in [1.82, 2.24) is 4.98 Å². The fraction of sp³-hybridized carbons (Fsp3) is 0.643. The topological polar surface area (TPSA) is 107 Å². The number of aliphatic hydroxyl groups excluding tert-OH is 1. The highest BCUT2D eigenvalue weighted by Crippen LogP contribution is 2.61. The number of aromatic nitrogens is 1. The quantitative estimate of drug-likeness (QED) is 0.483. The van der Waals surface area contributed by atoms with Gasteiger partial charge in [0.15, 0.2) is 6.10 Å². The van der Waals surface area contributed by atoms with Crippen LogP contribution in [-0.2, 0) is 23.7 Å². The van der Waals surface area contributed by atoms with Crippen LogP contribution in [0.2, 0.25) is 0 Å². The van der Waals surface area contributed by atoms with Crippen molar-refractivity contribution in [3.63, 3.8) is 0 Å². The Morgan fingerprint density at radius 1 is 1.31 bits per heavy atom. The lowest BCUT2D eigenvalue weighted by Gasteiger charge is -2.48. The van der Waals surface area contributed by atoms with Crippen LogP contribution >= 0.6 is 0 Å². The van der Waals surface area contributed by atoms with Crippen LogP contribution in [0.3, 0.4) is 0 Å². The van der Waals surface area contributed by atoms with Gasteiger partial charge in [0.05, 0.1) is 6.10 Å². The van der Waals surface area contributed by atoms with Crippen molar-refractivity contribution >= 4 is 11.9 Å². The third-order valence-corrected chi connectivity index (χ3v) is 8.95. The number of aromatic amines is 1. The zero-order valence-corrected chi connectivity index (χ0v) is 21.5. The second-order valence-corrected chi connectivity index (χ2v) is 10.8. The lowest BCUT2D eigenvalue weighted by atomic mass is 9.57. The van der Waals surface area contributed by atoms with Gasteiger partial charge in [0.1, 0.15) is 29.6 Å². The van der Waals surface area contributed by atoms with Crippen LogP contribution < -0.4 is 0 Å². The van der Waals surface area contributed by atoms with Crippen molar-refractivity contribution in [2.75, 3.05) is 7.11 Å². The Bertz CT molecular complexity index is 1050. The summed E-state index contributed by atoms with van der Waals surface area (Å²) in [7, 11) is 1.52. The van der Waals surface area contributed by atoms with Crippen LogP contribution in [0.25, 0.3) is 0 Å². The number of aliphatic hydroxyl groups is 1. The first kappa shape index (κ1) is 25.2. The van der Waals surface area contributed by atoms with Crippen LogP contribution in [0.5, 0.6) is 0 Å². The van der Waals surface area contributed by atoms with E-state index >= 15 is 0 Å². The van der Waals surface area contributed by atoms with E-state index in [2.05, 4.69) is 30.1 Å². The Morgan fingerprint density at radius 2 is 2.08 bits per heavy atom. The minimum atomic E-state index is -0.841. The number of H-pyrrole nitrogens is 1. The molecule has 1 aromatic heterocycles. The molecule has 0 radical (unpaired) electrons. The number of rotatable bonds is 4. The van der Waals surface area contributed by atoms with Gasteiger partial charge in [-0.05, 0) is 37.5 Å². The second-order valence-electron chi connectivity index (χ2n) is 10.8. The summed E-state index contributed by atoms with van der Waals surface area (Å²) in [5.74, 6) is -1.78. The number of methoxy groups -OCH3 is 1. The molecule has 1 saturated heterocycles. The lowest BCUT2D eigenvalue weighted by Crippen LogP contribution is -2.57. The first-order chi connectivity index (χ1) is 17.2. The average molecular weight is 500 g/mol. The Labute approximate surface area is 212 Å². The molecule has 11 atom stereocenters. The first-order valence-electron chi connectivity index (χ1n) is 13.0. The molecule has 1 aromatic rings. The zero-order valence-electron chi connectivity index (χ0n) is 21.5. The SMILES string of the molecule is CC[C@H]1OC(=O)C(OC)C[C@H]2C=C[C@H]3[C@H]4O[C@]2(/C(C)=C/[C@H]1C)[C@@H]3[C@H](O)[C@@H](C)[C@H]4OC(=O)c1ccc[nH]1. The summed E-state index contributed by atoms with van der Waals surface area (Å²) in [6.45, 7) is 8.01. The molecule has 196 valence electrons. The van der Waals surface area contributed by atoms with Gasteiger partial charge in [0.2, 0.25) is 0 Å². The average Bonchev–Trinajstić information content (AvgIpc) is 3.46. The van der Waals surface area contributed by atoms with Crippen LogP contribution in [0.4, 0.5) is 0 Å². The van der Waals surface area contributed by atoms with E-state index < -0.39 is 36.0 Å². The van der Waals surface area contributed by atoms with Crippen molar-refractivity contribution in [1.29, 1.82) is 0 Å². The molecule has 5 rings (SSSR count). The van der Waals surface area contributed by atoms with Gasteiger partial charge in [-0.3, -0.25) is 0 Å². The fourth-order valence-corrected chi connectivity index (χ4v) is 7.09. The molecule has 4 aliphatic rings. The van der Waals surface area contributed by atoms with Crippen molar-refractivity contribution in [3.8, 4) is 0 Å². The first-order valence-corrected chi connectivity index (χ1v) is 13.0. The molecular weight excluding hydrogens is 462 g/mol. The molecule has 2 aliphatic heterocycles. The molecule has 8 nitrogen and oxygen atoms in total. The highest BCUT2D eigenvalue weighted by Gasteiger charge is 2.69. The smallest absolute Gasteiger partial charge is 0.355 e. The highest BCUT2D eigenvalue weighted by molar-refractivity contribution is 5.87. The molecule has 0 aromatic carbocycles. The van der Waals surface area contributed by atoms with Gasteiger partial charge in [-0.1, -0.05) is 39.0 Å². The molecule has 4 bridgehead atoms. The summed E-state index contributed by atoms with van der Waals surface area (Å²) in [6, 6.07) is 3.41. The fourth-order valence-electron chi connectivity index (χ4n) is 7.09. The molecular formula is C28H37NO7. The number of ether oxygens (including phenoxy) is 4. The minimum absolute atomic E-state index is 0.0472. The molecule has 0 amide bonds. The predicted molar refractivity (Wildman–Crippen MR) is 131 cm³/mol. The van der Waals surface area contributed by atoms with Gasteiger partial charge in [-0.2, -0.15) is 0 Å². The highest BCUT2D eigenvalue weighted by atomic mass is 16.6. The largest absolute Gasteiger partial charge is 0.460 e. The molecule has 8 heteroatoms. The molecule has 2 aliphatic carbocycles. The van der Waals surface area contributed by atoms with E-state index in [-0.39, 0.29) is 41.7 Å². The van der Waals surface area contributed by atoms with Crippen LogP contribution in [0.15, 0.2) is 42.1 Å². The standard InChI is InChI=1S/C28H37NO7/c1-6-20-14(2)12-15(3)28-17(13-21(33-5)27(32)34-20)9-10-18-22(28)23(30)16(4)24(25(18)36-28)35-26(31)19-8-7-11-29-19/h7-12,14,16-18,20-25,29-30H,6,13H2,1-5H3/b15-12+/t14-,16-,17-,18-,20-,21?,22+,23-,24-,25-,28+/m1/s1. The summed E-state index contributed by atoms with van der Waals surface area (Å²) in [5, 5.41) is 11.7. The van der Waals surface area contributed by atoms with E-state index in [1.165, 1.54) is 7.11 Å². The normalized spacial score (nSPS) is 45.3. The van der Waals surface area contributed by atoms with Crippen LogP contribution in [0.1, 0.15) is 51.0 Å². The van der Waals surface area contributed by atoms with Crippen LogP contribution in [-0.4, -0.2) is 65.3 Å². The van der Waals surface area contributed by atoms with Gasteiger partial charge in [-0.15, -0.1) is 0 Å². The van der Waals surface area contributed by atoms with Gasteiger partial charge >= 0.3 is 11.9 Å². The van der Waals surface area contributed by atoms with Crippen molar-refractivity contribution < 1.29 is 33.6 Å². The van der Waals surface area contributed by atoms with E-state index in [1.54, 1.807) is 18.3 Å². The summed E-state index contributed by atoms with van der Waals surface area (Å²) < 4.78 is 24.4. The maximum atomic E-state index is 13.0. The van der Waals surface area contributed by atoms with Crippen molar-refractivity contribution in [3.05, 3.63) is 47.8 Å². The molecule has 2 N–H and O–H groups in total. The molecule has 1 spiro atoms. The van der Waals surface area contributed by atoms with Gasteiger partial charge < -0.3 is 29.0 Å². The summed E-state index contributed by atoms with van der Waals surface area (Å²) in [4.78, 5) is 28.8. The van der Waals surface area contributed by atoms with Crippen LogP contribution in [0, 0.1) is 29.6 Å². The van der Waals surface area contributed by atoms with Crippen molar-refractivity contribution in [2.24, 2.45) is 29.6 Å². The lowest BCUT2D eigenvalue weighted by molar-refractivity contribution is -0.166. The van der Waals surface area contributed by atoms with Crippen molar-refractivity contribution in [2.45, 2.75) is 76.7 Å². The van der Waals surface area contributed by atoms with E-state index in [0.29, 0.717) is 18.5 Å². The molecule has 1 unspecified atom stereocenters. The Morgan fingerprint density at radius 3 is 2.75 bits per heavy atom. The van der Waals surface area contributed by atoms with E-state index in [0.717, 1.165) is 5.57 Å². The molecule has 1 saturated carbocycles. The number of nitrogens with one attached hydrogen (secondary N) is 1. The maximum absolute atomic E-state index is 13.0. The van der Waals surface area contributed by atoms with E-state index in [1.807, 2.05) is 20.8 Å². The molecule has 36 heavy (non-hydrogen) atoms. The zero-order chi connectivity index (χ0) is 25.8. The predicted octanol–water partition coefficient (Wildman–Crippen LogP) is 3.43. The summed E-state index contributed by atoms with van der Waals surface area (Å²) >= 11 is 0.